The topological polar surface area (TPSA) is 38.3 Å². The predicted octanol–water partition coefficient (Wildman–Crippen LogP) is 1.57. The molecule has 0 saturated heterocycles. The number of alkyl halides is 2. The summed E-state index contributed by atoms with van der Waals surface area (Å²) in [7, 11) is 0. The number of hydrogen-bond acceptors (Lipinski definition) is 2. The average Bonchev–Trinajstić information content (AvgIpc) is 2.09. The van der Waals surface area contributed by atoms with Crippen LogP contribution in [-0.4, -0.2) is 31.6 Å². The Balaban J connectivity index is 3.18. The number of carbonyl (C=O) groups excluding carboxylic acids is 1. The molecule has 0 aromatic carbocycles. The van der Waals surface area contributed by atoms with Crippen molar-refractivity contribution in [2.24, 2.45) is 0 Å². The highest BCUT2D eigenvalue weighted by molar-refractivity contribution is 5.78. The molecule has 0 aromatic rings. The standard InChI is InChI=1S/C9H17F2NO2/c1-7(2)14-6-4-3-5-12-9(13)8(10)11/h7-8H,3-6H2,1-2H3,(H,12,13). The Kier molecular flexibility index (Phi) is 7.28. The zero-order valence-corrected chi connectivity index (χ0v) is 8.56. The van der Waals surface area contributed by atoms with E-state index < -0.39 is 12.3 Å². The highest BCUT2D eigenvalue weighted by Gasteiger charge is 2.13. The fraction of sp³-hybridized carbons (Fsp3) is 0.889. The van der Waals surface area contributed by atoms with E-state index in [4.69, 9.17) is 4.74 Å². The van der Waals surface area contributed by atoms with Crippen LogP contribution in [0.2, 0.25) is 0 Å². The zero-order valence-electron chi connectivity index (χ0n) is 8.56. The lowest BCUT2D eigenvalue weighted by Crippen LogP contribution is -2.30. The number of ether oxygens (including phenoxy) is 1. The number of unbranched alkanes of at least 4 members (excludes halogenated alkanes) is 1. The Bertz CT molecular complexity index is 163. The van der Waals surface area contributed by atoms with Crippen molar-refractivity contribution in [2.45, 2.75) is 39.2 Å². The summed E-state index contributed by atoms with van der Waals surface area (Å²) in [5.41, 5.74) is 0. The average molecular weight is 209 g/mol. The van der Waals surface area contributed by atoms with E-state index in [0.29, 0.717) is 13.0 Å². The normalized spacial score (nSPS) is 11.0. The molecule has 3 nitrogen and oxygen atoms in total. The van der Waals surface area contributed by atoms with Crippen LogP contribution in [0.25, 0.3) is 0 Å². The molecule has 0 atom stereocenters. The minimum Gasteiger partial charge on any atom is -0.379 e. The van der Waals surface area contributed by atoms with Crippen molar-refractivity contribution in [3.05, 3.63) is 0 Å². The number of hydrogen-bond donors (Lipinski definition) is 1. The summed E-state index contributed by atoms with van der Waals surface area (Å²) in [4.78, 5) is 10.4. The Morgan fingerprint density at radius 2 is 2.00 bits per heavy atom. The number of rotatable bonds is 7. The van der Waals surface area contributed by atoms with Gasteiger partial charge in [0.25, 0.3) is 5.91 Å². The summed E-state index contributed by atoms with van der Waals surface area (Å²) < 4.78 is 28.6. The number of amides is 1. The van der Waals surface area contributed by atoms with Gasteiger partial charge in [0.2, 0.25) is 0 Å². The van der Waals surface area contributed by atoms with Gasteiger partial charge in [-0.05, 0) is 26.7 Å². The summed E-state index contributed by atoms with van der Waals surface area (Å²) in [5.74, 6) is -1.20. The summed E-state index contributed by atoms with van der Waals surface area (Å²) >= 11 is 0. The van der Waals surface area contributed by atoms with E-state index in [2.05, 4.69) is 5.32 Å². The lowest BCUT2D eigenvalue weighted by molar-refractivity contribution is -0.131. The van der Waals surface area contributed by atoms with E-state index in [9.17, 15) is 13.6 Å². The number of carbonyl (C=O) groups is 1. The lowest BCUT2D eigenvalue weighted by Gasteiger charge is -2.07. The molecule has 84 valence electrons. The molecule has 1 N–H and O–H groups in total. The van der Waals surface area contributed by atoms with Gasteiger partial charge < -0.3 is 10.1 Å². The van der Waals surface area contributed by atoms with Crippen LogP contribution in [0.1, 0.15) is 26.7 Å². The van der Waals surface area contributed by atoms with Gasteiger partial charge in [0.05, 0.1) is 6.10 Å². The maximum absolute atomic E-state index is 11.7. The molecule has 5 heteroatoms. The van der Waals surface area contributed by atoms with E-state index in [1.54, 1.807) is 0 Å². The first-order valence-corrected chi connectivity index (χ1v) is 4.71. The van der Waals surface area contributed by atoms with Crippen molar-refractivity contribution in [3.8, 4) is 0 Å². The van der Waals surface area contributed by atoms with Crippen molar-refractivity contribution in [3.63, 3.8) is 0 Å². The fourth-order valence-electron chi connectivity index (χ4n) is 0.835. The quantitative estimate of drug-likeness (QED) is 0.646. The van der Waals surface area contributed by atoms with Gasteiger partial charge in [-0.15, -0.1) is 0 Å². The maximum Gasteiger partial charge on any atom is 0.315 e. The third-order valence-corrected chi connectivity index (χ3v) is 1.52. The molecule has 0 aliphatic rings. The van der Waals surface area contributed by atoms with Crippen LogP contribution in [0.15, 0.2) is 0 Å². The third-order valence-electron chi connectivity index (χ3n) is 1.52. The summed E-state index contributed by atoms with van der Waals surface area (Å²) in [6, 6.07) is 0. The van der Waals surface area contributed by atoms with Gasteiger partial charge in [-0.25, -0.2) is 0 Å². The van der Waals surface area contributed by atoms with E-state index in [1.807, 2.05) is 13.8 Å². The molecule has 0 aliphatic heterocycles. The van der Waals surface area contributed by atoms with Crippen LogP contribution < -0.4 is 5.32 Å². The molecule has 0 fully saturated rings. The van der Waals surface area contributed by atoms with Crippen LogP contribution in [0, 0.1) is 0 Å². The zero-order chi connectivity index (χ0) is 11.0. The molecule has 0 aromatic heterocycles. The van der Waals surface area contributed by atoms with Crippen molar-refractivity contribution >= 4 is 5.91 Å². The van der Waals surface area contributed by atoms with E-state index >= 15 is 0 Å². The Hall–Kier alpha value is -0.710. The van der Waals surface area contributed by atoms with E-state index in [-0.39, 0.29) is 12.6 Å². The van der Waals surface area contributed by atoms with Crippen molar-refractivity contribution < 1.29 is 18.3 Å². The number of nitrogens with one attached hydrogen (secondary N) is 1. The van der Waals surface area contributed by atoms with Gasteiger partial charge in [0, 0.05) is 13.2 Å². The van der Waals surface area contributed by atoms with Crippen LogP contribution in [0.5, 0.6) is 0 Å². The Morgan fingerprint density at radius 1 is 1.36 bits per heavy atom. The Labute approximate surface area is 82.8 Å². The molecule has 0 saturated carbocycles. The molecule has 0 rings (SSSR count). The molecule has 1 amide bonds. The molecule has 0 radical (unpaired) electrons. The van der Waals surface area contributed by atoms with Crippen LogP contribution in [0.3, 0.4) is 0 Å². The SMILES string of the molecule is CC(C)OCCCCNC(=O)C(F)F. The van der Waals surface area contributed by atoms with Crippen molar-refractivity contribution in [1.29, 1.82) is 0 Å². The highest BCUT2D eigenvalue weighted by atomic mass is 19.3. The minimum atomic E-state index is -2.91. The number of halogens is 2. The highest BCUT2D eigenvalue weighted by Crippen LogP contribution is 1.95. The molecule has 0 aliphatic carbocycles. The first kappa shape index (κ1) is 13.3. The predicted molar refractivity (Wildman–Crippen MR) is 49.3 cm³/mol. The van der Waals surface area contributed by atoms with Gasteiger partial charge in [-0.3, -0.25) is 4.79 Å². The second kappa shape index (κ2) is 7.67. The minimum absolute atomic E-state index is 0.186. The van der Waals surface area contributed by atoms with Crippen LogP contribution in [-0.2, 0) is 9.53 Å². The van der Waals surface area contributed by atoms with Crippen LogP contribution in [0.4, 0.5) is 8.78 Å². The second-order valence-corrected chi connectivity index (χ2v) is 3.22. The summed E-state index contributed by atoms with van der Waals surface area (Å²) in [5, 5.41) is 2.13. The van der Waals surface area contributed by atoms with Gasteiger partial charge in [0.1, 0.15) is 0 Å². The van der Waals surface area contributed by atoms with Gasteiger partial charge in [-0.1, -0.05) is 0 Å². The summed E-state index contributed by atoms with van der Waals surface area (Å²) in [6.45, 7) is 4.74. The monoisotopic (exact) mass is 209 g/mol. The van der Waals surface area contributed by atoms with Gasteiger partial charge >= 0.3 is 6.43 Å². The maximum atomic E-state index is 11.7. The molecular formula is C9H17F2NO2. The molecule has 0 bridgehead atoms. The van der Waals surface area contributed by atoms with Gasteiger partial charge in [0.15, 0.2) is 0 Å². The molecule has 0 spiro atoms. The third kappa shape index (κ3) is 7.91. The molecule has 14 heavy (non-hydrogen) atoms. The van der Waals surface area contributed by atoms with Gasteiger partial charge in [-0.2, -0.15) is 8.78 Å². The smallest absolute Gasteiger partial charge is 0.315 e. The largest absolute Gasteiger partial charge is 0.379 e. The van der Waals surface area contributed by atoms with Crippen LogP contribution >= 0.6 is 0 Å². The van der Waals surface area contributed by atoms with Crippen molar-refractivity contribution in [1.82, 2.24) is 5.32 Å². The molecule has 0 unspecified atom stereocenters. The second-order valence-electron chi connectivity index (χ2n) is 3.22. The fourth-order valence-corrected chi connectivity index (χ4v) is 0.835. The van der Waals surface area contributed by atoms with Crippen molar-refractivity contribution in [2.75, 3.05) is 13.2 Å². The lowest BCUT2D eigenvalue weighted by atomic mass is 10.3. The molecule has 0 heterocycles. The summed E-state index contributed by atoms with van der Waals surface area (Å²) in [6.07, 6.45) is -1.31. The van der Waals surface area contributed by atoms with E-state index in [0.717, 1.165) is 6.42 Å². The first-order chi connectivity index (χ1) is 6.54. The van der Waals surface area contributed by atoms with E-state index in [1.165, 1.54) is 0 Å². The molecular weight excluding hydrogens is 192 g/mol. The first-order valence-electron chi connectivity index (χ1n) is 4.71. The Morgan fingerprint density at radius 3 is 2.50 bits per heavy atom.